The first kappa shape index (κ1) is 11.4. The Kier molecular flexibility index (Phi) is 2.92. The fourth-order valence-electron chi connectivity index (χ4n) is 2.00. The fourth-order valence-corrected chi connectivity index (χ4v) is 3.49. The van der Waals surface area contributed by atoms with Crippen molar-refractivity contribution < 1.29 is 8.42 Å². The van der Waals surface area contributed by atoms with Crippen LogP contribution in [0.1, 0.15) is 24.2 Å². The molecule has 0 bridgehead atoms. The number of sulfone groups is 1. The minimum atomic E-state index is -2.78. The molecule has 2 rings (SSSR count). The van der Waals surface area contributed by atoms with E-state index in [-0.39, 0.29) is 6.04 Å². The number of aryl methyl sites for hydroxylation is 2. The molecule has 1 aliphatic rings. The van der Waals surface area contributed by atoms with Crippen LogP contribution in [-0.2, 0) is 9.84 Å². The molecule has 5 nitrogen and oxygen atoms in total. The molecule has 2 N–H and O–H groups in total. The molecule has 0 saturated carbocycles. The maximum Gasteiger partial charge on any atom is 0.150 e. The van der Waals surface area contributed by atoms with Crippen molar-refractivity contribution in [3.8, 4) is 0 Å². The third-order valence-corrected chi connectivity index (χ3v) is 4.75. The summed E-state index contributed by atoms with van der Waals surface area (Å²) >= 11 is 0. The van der Waals surface area contributed by atoms with Crippen LogP contribution >= 0.6 is 0 Å². The lowest BCUT2D eigenvalue weighted by molar-refractivity contribution is 0.559. The summed E-state index contributed by atoms with van der Waals surface area (Å²) < 4.78 is 22.6. The standard InChI is InChI=1S/C10H17N3O2S/c1-7-10(8(2)13-12-7)11-9-3-5-16(14,15)6-4-9/h9,11H,3-6H2,1-2H3,(H,12,13). The Bertz CT molecular complexity index is 445. The largest absolute Gasteiger partial charge is 0.379 e. The van der Waals surface area contributed by atoms with Gasteiger partial charge in [0.25, 0.3) is 0 Å². The van der Waals surface area contributed by atoms with Crippen LogP contribution in [0.5, 0.6) is 0 Å². The van der Waals surface area contributed by atoms with Crippen molar-refractivity contribution in [3.05, 3.63) is 11.4 Å². The van der Waals surface area contributed by atoms with Crippen molar-refractivity contribution in [1.82, 2.24) is 10.2 Å². The van der Waals surface area contributed by atoms with Crippen molar-refractivity contribution in [1.29, 1.82) is 0 Å². The van der Waals surface area contributed by atoms with Gasteiger partial charge in [0.2, 0.25) is 0 Å². The van der Waals surface area contributed by atoms with Gasteiger partial charge in [-0.2, -0.15) is 5.10 Å². The summed E-state index contributed by atoms with van der Waals surface area (Å²) in [4.78, 5) is 0. The monoisotopic (exact) mass is 243 g/mol. The Labute approximate surface area is 95.6 Å². The first-order valence-electron chi connectivity index (χ1n) is 5.46. The lowest BCUT2D eigenvalue weighted by atomic mass is 10.1. The molecule has 0 aromatic carbocycles. The molecule has 0 atom stereocenters. The molecule has 1 aromatic rings. The number of hydrogen-bond donors (Lipinski definition) is 2. The minimum absolute atomic E-state index is 0.249. The molecule has 2 heterocycles. The number of anilines is 1. The van der Waals surface area contributed by atoms with E-state index in [9.17, 15) is 8.42 Å². The first-order chi connectivity index (χ1) is 7.48. The van der Waals surface area contributed by atoms with Crippen LogP contribution in [0.3, 0.4) is 0 Å². The van der Waals surface area contributed by atoms with Crippen LogP contribution in [0.25, 0.3) is 0 Å². The topological polar surface area (TPSA) is 74.8 Å². The van der Waals surface area contributed by atoms with Crippen molar-refractivity contribution in [3.63, 3.8) is 0 Å². The lowest BCUT2D eigenvalue weighted by Gasteiger charge is -2.24. The third-order valence-electron chi connectivity index (χ3n) is 3.03. The van der Waals surface area contributed by atoms with Gasteiger partial charge in [0.15, 0.2) is 0 Å². The second kappa shape index (κ2) is 4.08. The van der Waals surface area contributed by atoms with Crippen molar-refractivity contribution >= 4 is 15.5 Å². The predicted molar refractivity (Wildman–Crippen MR) is 63.4 cm³/mol. The van der Waals surface area contributed by atoms with Gasteiger partial charge < -0.3 is 5.32 Å². The number of nitrogens with one attached hydrogen (secondary N) is 2. The van der Waals surface area contributed by atoms with E-state index >= 15 is 0 Å². The number of nitrogens with zero attached hydrogens (tertiary/aromatic N) is 1. The summed E-state index contributed by atoms with van der Waals surface area (Å²) in [5, 5.41) is 10.4. The zero-order valence-electron chi connectivity index (χ0n) is 9.58. The molecule has 0 radical (unpaired) electrons. The second-order valence-corrected chi connectivity index (χ2v) is 6.68. The molecular weight excluding hydrogens is 226 g/mol. The van der Waals surface area contributed by atoms with E-state index in [0.717, 1.165) is 17.1 Å². The Hall–Kier alpha value is -1.04. The summed E-state index contributed by atoms with van der Waals surface area (Å²) in [6, 6.07) is 0.249. The van der Waals surface area contributed by atoms with Gasteiger partial charge in [0.05, 0.1) is 28.6 Å². The first-order valence-corrected chi connectivity index (χ1v) is 7.28. The zero-order chi connectivity index (χ0) is 11.8. The van der Waals surface area contributed by atoms with Gasteiger partial charge in [0, 0.05) is 6.04 Å². The molecule has 0 aliphatic carbocycles. The van der Waals surface area contributed by atoms with Crippen molar-refractivity contribution in [2.45, 2.75) is 32.7 Å². The van der Waals surface area contributed by atoms with Gasteiger partial charge in [-0.25, -0.2) is 8.42 Å². The molecule has 0 amide bonds. The highest BCUT2D eigenvalue weighted by Crippen LogP contribution is 2.21. The molecule has 0 unspecified atom stereocenters. The highest BCUT2D eigenvalue weighted by Gasteiger charge is 2.24. The average molecular weight is 243 g/mol. The highest BCUT2D eigenvalue weighted by atomic mass is 32.2. The predicted octanol–water partition coefficient (Wildman–Crippen LogP) is 1.02. The van der Waals surface area contributed by atoms with E-state index in [1.54, 1.807) is 0 Å². The highest BCUT2D eigenvalue weighted by molar-refractivity contribution is 7.91. The van der Waals surface area contributed by atoms with Crippen LogP contribution in [-0.4, -0.2) is 36.2 Å². The normalized spacial score (nSPS) is 20.9. The Morgan fingerprint density at radius 2 is 1.94 bits per heavy atom. The lowest BCUT2D eigenvalue weighted by Crippen LogP contribution is -2.32. The molecule has 6 heteroatoms. The number of aromatic amines is 1. The van der Waals surface area contributed by atoms with E-state index in [1.807, 2.05) is 13.8 Å². The quantitative estimate of drug-likeness (QED) is 0.813. The summed E-state index contributed by atoms with van der Waals surface area (Å²) in [6.45, 7) is 3.90. The Morgan fingerprint density at radius 3 is 2.44 bits per heavy atom. The number of aromatic nitrogens is 2. The summed E-state index contributed by atoms with van der Waals surface area (Å²) in [6.07, 6.45) is 1.37. The van der Waals surface area contributed by atoms with E-state index in [2.05, 4.69) is 15.5 Å². The fraction of sp³-hybridized carbons (Fsp3) is 0.700. The van der Waals surface area contributed by atoms with Crippen molar-refractivity contribution in [2.24, 2.45) is 0 Å². The Balaban J connectivity index is 2.02. The van der Waals surface area contributed by atoms with E-state index in [4.69, 9.17) is 0 Å². The maximum absolute atomic E-state index is 11.3. The molecule has 0 spiro atoms. The number of rotatable bonds is 2. The van der Waals surface area contributed by atoms with Gasteiger partial charge in [-0.1, -0.05) is 0 Å². The van der Waals surface area contributed by atoms with E-state index in [0.29, 0.717) is 24.3 Å². The second-order valence-electron chi connectivity index (χ2n) is 4.38. The smallest absolute Gasteiger partial charge is 0.150 e. The number of H-pyrrole nitrogens is 1. The van der Waals surface area contributed by atoms with Crippen molar-refractivity contribution in [2.75, 3.05) is 16.8 Å². The minimum Gasteiger partial charge on any atom is -0.379 e. The van der Waals surface area contributed by atoms with Gasteiger partial charge in [-0.05, 0) is 26.7 Å². The molecule has 1 saturated heterocycles. The maximum atomic E-state index is 11.3. The van der Waals surface area contributed by atoms with E-state index in [1.165, 1.54) is 0 Å². The van der Waals surface area contributed by atoms with Gasteiger partial charge >= 0.3 is 0 Å². The van der Waals surface area contributed by atoms with Gasteiger partial charge in [-0.3, -0.25) is 5.10 Å². The molecule has 1 aromatic heterocycles. The zero-order valence-corrected chi connectivity index (χ0v) is 10.4. The van der Waals surface area contributed by atoms with Crippen LogP contribution in [0.15, 0.2) is 0 Å². The number of hydrogen-bond acceptors (Lipinski definition) is 4. The molecule has 90 valence electrons. The van der Waals surface area contributed by atoms with Crippen LogP contribution in [0, 0.1) is 13.8 Å². The van der Waals surface area contributed by atoms with E-state index < -0.39 is 9.84 Å². The SMILES string of the molecule is Cc1n[nH]c(C)c1NC1CCS(=O)(=O)CC1. The Morgan fingerprint density at radius 1 is 1.31 bits per heavy atom. The summed E-state index contributed by atoms with van der Waals surface area (Å²) in [5.41, 5.74) is 2.96. The molecule has 16 heavy (non-hydrogen) atoms. The van der Waals surface area contributed by atoms with Crippen LogP contribution in [0.4, 0.5) is 5.69 Å². The van der Waals surface area contributed by atoms with Gasteiger partial charge in [0.1, 0.15) is 9.84 Å². The molecular formula is C10H17N3O2S. The third kappa shape index (κ3) is 2.37. The van der Waals surface area contributed by atoms with Crippen LogP contribution in [0.2, 0.25) is 0 Å². The molecule has 1 aliphatic heterocycles. The van der Waals surface area contributed by atoms with Gasteiger partial charge in [-0.15, -0.1) is 0 Å². The average Bonchev–Trinajstić information content (AvgIpc) is 2.52. The summed E-state index contributed by atoms with van der Waals surface area (Å²) in [7, 11) is -2.78. The van der Waals surface area contributed by atoms with Crippen LogP contribution < -0.4 is 5.32 Å². The summed E-state index contributed by atoms with van der Waals surface area (Å²) in [5.74, 6) is 0.585. The molecule has 1 fully saturated rings.